The van der Waals surface area contributed by atoms with E-state index in [1.807, 2.05) is 0 Å². The van der Waals surface area contributed by atoms with Crippen LogP contribution in [0.5, 0.6) is 0 Å². The van der Waals surface area contributed by atoms with Crippen LogP contribution in [0.2, 0.25) is 0 Å². The minimum absolute atomic E-state index is 0.895. The maximum absolute atomic E-state index is 6.55. The van der Waals surface area contributed by atoms with Gasteiger partial charge in [0, 0.05) is 33.1 Å². The predicted octanol–water partition coefficient (Wildman–Crippen LogP) is 16.5. The van der Waals surface area contributed by atoms with Gasteiger partial charge < -0.3 is 9.32 Å². The summed E-state index contributed by atoms with van der Waals surface area (Å²) in [7, 11) is 0. The van der Waals surface area contributed by atoms with Gasteiger partial charge in [-0.05, 0) is 116 Å². The van der Waals surface area contributed by atoms with Crippen molar-refractivity contribution in [1.29, 1.82) is 0 Å². The van der Waals surface area contributed by atoms with Gasteiger partial charge >= 0.3 is 0 Å². The number of hydrogen-bond acceptors (Lipinski definition) is 2. The fourth-order valence-corrected chi connectivity index (χ4v) is 8.73. The van der Waals surface area contributed by atoms with Gasteiger partial charge in [-0.25, -0.2) is 0 Å². The number of anilines is 3. The monoisotopic (exact) mass is 765 g/mol. The number of benzene rings is 10. The number of fused-ring (bicyclic) bond motifs is 5. The van der Waals surface area contributed by atoms with Crippen molar-refractivity contribution < 1.29 is 4.42 Å². The summed E-state index contributed by atoms with van der Waals surface area (Å²) in [5.74, 6) is 0. The second-order valence-corrected chi connectivity index (χ2v) is 15.3. The fraction of sp³-hybridized carbons (Fsp3) is 0. The van der Waals surface area contributed by atoms with Crippen LogP contribution in [-0.2, 0) is 0 Å². The van der Waals surface area contributed by atoms with E-state index in [1.54, 1.807) is 0 Å². The summed E-state index contributed by atoms with van der Waals surface area (Å²) in [6, 6.07) is 84.8. The zero-order chi connectivity index (χ0) is 39.8. The first kappa shape index (κ1) is 35.2. The molecule has 0 saturated heterocycles. The zero-order valence-corrected chi connectivity index (χ0v) is 32.9. The number of para-hydroxylation sites is 1. The molecule has 60 heavy (non-hydrogen) atoms. The van der Waals surface area contributed by atoms with Gasteiger partial charge in [0.2, 0.25) is 0 Å². The summed E-state index contributed by atoms with van der Waals surface area (Å²) in [6.07, 6.45) is 0. The van der Waals surface area contributed by atoms with Crippen LogP contribution >= 0.6 is 0 Å². The molecule has 1 aromatic heterocycles. The van der Waals surface area contributed by atoms with Gasteiger partial charge in [0.15, 0.2) is 0 Å². The van der Waals surface area contributed by atoms with Crippen LogP contribution in [0, 0.1) is 0 Å². The molecule has 0 radical (unpaired) electrons. The molecular weight excluding hydrogens is 727 g/mol. The summed E-state index contributed by atoms with van der Waals surface area (Å²) < 4.78 is 6.55. The Labute approximate surface area is 349 Å². The van der Waals surface area contributed by atoms with E-state index in [0.717, 1.165) is 66.6 Å². The lowest BCUT2D eigenvalue weighted by Crippen LogP contribution is -2.11. The lowest BCUT2D eigenvalue weighted by atomic mass is 9.93. The fourth-order valence-electron chi connectivity index (χ4n) is 8.73. The van der Waals surface area contributed by atoms with E-state index in [4.69, 9.17) is 4.42 Å². The van der Waals surface area contributed by atoms with Crippen molar-refractivity contribution in [3.05, 3.63) is 237 Å². The first-order chi connectivity index (χ1) is 29.7. The Hall–Kier alpha value is -7.94. The predicted molar refractivity (Wildman–Crippen MR) is 253 cm³/mol. The van der Waals surface area contributed by atoms with E-state index >= 15 is 0 Å². The maximum Gasteiger partial charge on any atom is 0.143 e. The Morgan fingerprint density at radius 2 is 0.783 bits per heavy atom. The van der Waals surface area contributed by atoms with Gasteiger partial charge in [-0.15, -0.1) is 0 Å². The number of rotatable bonds is 8. The van der Waals surface area contributed by atoms with Crippen molar-refractivity contribution in [2.24, 2.45) is 0 Å². The van der Waals surface area contributed by atoms with Crippen LogP contribution in [0.4, 0.5) is 17.1 Å². The highest BCUT2D eigenvalue weighted by molar-refractivity contribution is 6.19. The van der Waals surface area contributed by atoms with Crippen molar-refractivity contribution in [2.45, 2.75) is 0 Å². The average molecular weight is 766 g/mol. The Bertz CT molecular complexity index is 3220. The largest absolute Gasteiger partial charge is 0.455 e. The third-order valence-electron chi connectivity index (χ3n) is 11.7. The Balaban J connectivity index is 1.02. The topological polar surface area (TPSA) is 16.4 Å². The van der Waals surface area contributed by atoms with E-state index < -0.39 is 0 Å². The second kappa shape index (κ2) is 15.1. The molecule has 0 aliphatic rings. The van der Waals surface area contributed by atoms with E-state index in [0.29, 0.717) is 0 Å². The van der Waals surface area contributed by atoms with E-state index in [-0.39, 0.29) is 0 Å². The Morgan fingerprint density at radius 1 is 0.300 bits per heavy atom. The van der Waals surface area contributed by atoms with Crippen molar-refractivity contribution >= 4 is 49.8 Å². The number of nitrogens with zero attached hydrogens (tertiary/aromatic N) is 1. The lowest BCUT2D eigenvalue weighted by Gasteiger charge is -2.28. The standard InChI is InChI=1S/C58H39NO/c1-4-15-40(16-5-1)46-37-47(41-17-6-2-7-18-41)39-48(38-46)42-27-32-49(33-28-42)59(55-25-13-12-22-51(55)43-19-8-3-9-20-43)50-34-29-45(30-35-50)52-24-14-26-56-57(52)54-36-31-44-21-10-11-23-53(44)58(54)60-56/h1-39H. The number of hydrogen-bond donors (Lipinski definition) is 0. The highest BCUT2D eigenvalue weighted by atomic mass is 16.3. The van der Waals surface area contributed by atoms with Gasteiger partial charge in [0.05, 0.1) is 5.69 Å². The molecule has 11 rings (SSSR count). The minimum atomic E-state index is 0.895. The summed E-state index contributed by atoms with van der Waals surface area (Å²) in [5.41, 5.74) is 16.8. The highest BCUT2D eigenvalue weighted by Crippen LogP contribution is 2.44. The molecule has 282 valence electrons. The molecule has 1 heterocycles. The van der Waals surface area contributed by atoms with E-state index in [9.17, 15) is 0 Å². The quantitative estimate of drug-likeness (QED) is 0.153. The molecule has 2 nitrogen and oxygen atoms in total. The zero-order valence-electron chi connectivity index (χ0n) is 32.9. The van der Waals surface area contributed by atoms with Crippen LogP contribution in [0.1, 0.15) is 0 Å². The molecule has 10 aromatic carbocycles. The van der Waals surface area contributed by atoms with Gasteiger partial charge in [-0.3, -0.25) is 0 Å². The lowest BCUT2D eigenvalue weighted by molar-refractivity contribution is 0.673. The van der Waals surface area contributed by atoms with E-state index in [2.05, 4.69) is 241 Å². The molecule has 0 atom stereocenters. The molecule has 0 saturated carbocycles. The smallest absolute Gasteiger partial charge is 0.143 e. The highest BCUT2D eigenvalue weighted by Gasteiger charge is 2.19. The summed E-state index contributed by atoms with van der Waals surface area (Å²) in [5, 5.41) is 4.58. The molecule has 2 heteroatoms. The molecule has 11 aromatic rings. The first-order valence-corrected chi connectivity index (χ1v) is 20.5. The molecule has 0 bridgehead atoms. The van der Waals surface area contributed by atoms with Crippen LogP contribution in [0.15, 0.2) is 241 Å². The second-order valence-electron chi connectivity index (χ2n) is 15.3. The summed E-state index contributed by atoms with van der Waals surface area (Å²) >= 11 is 0. The van der Waals surface area contributed by atoms with Gasteiger partial charge in [-0.2, -0.15) is 0 Å². The average Bonchev–Trinajstić information content (AvgIpc) is 3.73. The van der Waals surface area contributed by atoms with Gasteiger partial charge in [0.25, 0.3) is 0 Å². The van der Waals surface area contributed by atoms with E-state index in [1.165, 1.54) is 38.8 Å². The van der Waals surface area contributed by atoms with Crippen molar-refractivity contribution in [1.82, 2.24) is 0 Å². The third kappa shape index (κ3) is 6.41. The van der Waals surface area contributed by atoms with Crippen LogP contribution in [0.3, 0.4) is 0 Å². The van der Waals surface area contributed by atoms with Crippen molar-refractivity contribution in [3.63, 3.8) is 0 Å². The maximum atomic E-state index is 6.55. The van der Waals surface area contributed by atoms with Crippen LogP contribution < -0.4 is 4.90 Å². The molecule has 0 aliphatic carbocycles. The summed E-state index contributed by atoms with van der Waals surface area (Å²) in [4.78, 5) is 2.38. The summed E-state index contributed by atoms with van der Waals surface area (Å²) in [6.45, 7) is 0. The SMILES string of the molecule is c1ccc(-c2cc(-c3ccccc3)cc(-c3ccc(N(c4ccc(-c5cccc6oc7c8ccccc8ccc7c56)cc4)c4ccccc4-c4ccccc4)cc3)c2)cc1. The normalized spacial score (nSPS) is 11.3. The minimum Gasteiger partial charge on any atom is -0.455 e. The van der Waals surface area contributed by atoms with Gasteiger partial charge in [0.1, 0.15) is 11.2 Å². The van der Waals surface area contributed by atoms with Crippen LogP contribution in [-0.4, -0.2) is 0 Å². The Kier molecular flexibility index (Phi) is 8.87. The Morgan fingerprint density at radius 3 is 1.42 bits per heavy atom. The molecular formula is C58H39NO. The third-order valence-corrected chi connectivity index (χ3v) is 11.7. The van der Waals surface area contributed by atoms with Crippen LogP contribution in [0.25, 0.3) is 88.3 Å². The first-order valence-electron chi connectivity index (χ1n) is 20.5. The molecule has 0 spiro atoms. The molecule has 0 N–H and O–H groups in total. The molecule has 0 fully saturated rings. The molecule has 0 amide bonds. The number of furan rings is 1. The van der Waals surface area contributed by atoms with Gasteiger partial charge in [-0.1, -0.05) is 176 Å². The van der Waals surface area contributed by atoms with Crippen molar-refractivity contribution in [2.75, 3.05) is 4.90 Å². The molecule has 0 unspecified atom stereocenters. The molecule has 0 aliphatic heterocycles. The van der Waals surface area contributed by atoms with Crippen molar-refractivity contribution in [3.8, 4) is 55.6 Å².